The summed E-state index contributed by atoms with van der Waals surface area (Å²) in [4.78, 5) is 0. The molecule has 112 valence electrons. The van der Waals surface area contributed by atoms with Gasteiger partial charge in [-0.25, -0.2) is 0 Å². The molecule has 0 aliphatic carbocycles. The Morgan fingerprint density at radius 3 is 0.526 bits per heavy atom. The van der Waals surface area contributed by atoms with Crippen LogP contribution in [0.2, 0.25) is 0 Å². The second kappa shape index (κ2) is 37.4. The zero-order valence-corrected chi connectivity index (χ0v) is 13.7. The normalized spacial score (nSPS) is 5.68. The van der Waals surface area contributed by atoms with Crippen molar-refractivity contribution in [3.05, 3.63) is 0 Å². The fourth-order valence-corrected chi connectivity index (χ4v) is 0. The summed E-state index contributed by atoms with van der Waals surface area (Å²) >= 11 is 0. The Morgan fingerprint density at radius 1 is 0.526 bits per heavy atom. The van der Waals surface area contributed by atoms with Gasteiger partial charge in [-0.1, -0.05) is 0 Å². The van der Waals surface area contributed by atoms with Crippen molar-refractivity contribution in [1.82, 2.24) is 0 Å². The maximum Gasteiger partial charge on any atom is 3.00 e. The van der Waals surface area contributed by atoms with Gasteiger partial charge in [-0.3, -0.25) is 22.0 Å². The number of rotatable bonds is 0. The van der Waals surface area contributed by atoms with Crippen LogP contribution in [0.25, 0.3) is 0 Å². The van der Waals surface area contributed by atoms with E-state index in [1.165, 1.54) is 0 Å². The summed E-state index contributed by atoms with van der Waals surface area (Å²) in [5.41, 5.74) is 0. The topological polar surface area (TPSA) is 268 Å². The van der Waals surface area contributed by atoms with Crippen molar-refractivity contribution in [2.45, 2.75) is 0 Å². The van der Waals surface area contributed by atoms with Gasteiger partial charge >= 0.3 is 112 Å². The third-order valence-electron chi connectivity index (χ3n) is 0. The van der Waals surface area contributed by atoms with E-state index in [0.29, 0.717) is 0 Å². The molecule has 0 amide bonds. The van der Waals surface area contributed by atoms with Gasteiger partial charge in [-0.05, 0) is 0 Å². The van der Waals surface area contributed by atoms with Crippen molar-refractivity contribution in [1.29, 1.82) is 0 Å². The van der Waals surface area contributed by atoms with E-state index in [2.05, 4.69) is 0 Å². The van der Waals surface area contributed by atoms with Gasteiger partial charge in [0, 0.05) is 0 Å². The molecule has 12 nitrogen and oxygen atoms in total. The first-order valence-corrected chi connectivity index (χ1v) is 2.90. The minimum Gasteiger partial charge on any atom is -0.907 e. The van der Waals surface area contributed by atoms with E-state index in [1.807, 2.05) is 0 Å². The molecule has 0 aromatic carbocycles. The SMILES string of the molecule is OB(O)O.[Al+3].[Gd+3].[O-]B([O-])[O-].[O-]B([O-])[O-].[O-]B([O-])[O-].[Yb+3]. The summed E-state index contributed by atoms with van der Waals surface area (Å²) in [7, 11) is -10.9. The van der Waals surface area contributed by atoms with E-state index >= 15 is 0 Å². The first-order chi connectivity index (χ1) is 6.93. The molecular weight excluding hydrogens is 593 g/mol. The smallest absolute Gasteiger partial charge is 0.907 e. The number of hydrogen-bond donors (Lipinski definition) is 3. The van der Waals surface area contributed by atoms with Gasteiger partial charge in [0.2, 0.25) is 0 Å². The molecule has 0 saturated carbocycles. The van der Waals surface area contributed by atoms with E-state index in [4.69, 9.17) is 60.3 Å². The minimum atomic E-state index is -2.92. The van der Waals surface area contributed by atoms with Crippen LogP contribution in [0.3, 0.4) is 0 Å². The third kappa shape index (κ3) is 779. The molecule has 0 aliphatic heterocycles. The van der Waals surface area contributed by atoms with Crippen LogP contribution in [0.5, 0.6) is 0 Å². The summed E-state index contributed by atoms with van der Waals surface area (Å²) in [5, 5.41) is 97.2. The van der Waals surface area contributed by atoms with Crippen LogP contribution in [0, 0.1) is 86.9 Å². The molecule has 0 fully saturated rings. The molecule has 2 radical (unpaired) electrons. The van der Waals surface area contributed by atoms with Crippen LogP contribution < -0.4 is 45.2 Å². The van der Waals surface area contributed by atoms with Crippen molar-refractivity contribution in [3.8, 4) is 0 Å². The van der Waals surface area contributed by atoms with Crippen LogP contribution in [0.4, 0.5) is 0 Å². The Labute approximate surface area is 190 Å². The van der Waals surface area contributed by atoms with Gasteiger partial charge < -0.3 is 60.3 Å². The molecule has 19 heteroatoms. The monoisotopic (exact) mass is 598 g/mol. The van der Waals surface area contributed by atoms with E-state index in [-0.39, 0.29) is 104 Å². The Kier molecular flexibility index (Phi) is 85.0. The van der Waals surface area contributed by atoms with E-state index < -0.39 is 29.3 Å². The molecule has 3 N–H and O–H groups in total. The fraction of sp³-hybridized carbons (Fsp3) is 0. The predicted molar refractivity (Wildman–Crippen MR) is 35.4 cm³/mol. The maximum absolute atomic E-state index is 8.42. The molecule has 0 aromatic heterocycles. The zero-order chi connectivity index (χ0) is 14.3. The molecule has 19 heavy (non-hydrogen) atoms. The summed E-state index contributed by atoms with van der Waals surface area (Å²) in [6.07, 6.45) is 0. The van der Waals surface area contributed by atoms with E-state index in [1.54, 1.807) is 0 Å². The van der Waals surface area contributed by atoms with Crippen molar-refractivity contribution < 1.29 is 147 Å². The van der Waals surface area contributed by atoms with Crippen molar-refractivity contribution >= 4 is 46.6 Å². The second-order valence-electron chi connectivity index (χ2n) is 1.21. The zero-order valence-electron chi connectivity index (χ0n) is 8.52. The van der Waals surface area contributed by atoms with Crippen molar-refractivity contribution in [2.75, 3.05) is 0 Å². The third-order valence-corrected chi connectivity index (χ3v) is 0. The fourth-order valence-electron chi connectivity index (χ4n) is 0. The van der Waals surface area contributed by atoms with Crippen molar-refractivity contribution in [2.24, 2.45) is 0 Å². The summed E-state index contributed by atoms with van der Waals surface area (Å²) in [6.45, 7) is 0. The molecule has 0 rings (SSSR count). The average Bonchev–Trinajstić information content (AvgIpc) is 1.76. The number of hydrogen-bond acceptors (Lipinski definition) is 12. The van der Waals surface area contributed by atoms with Gasteiger partial charge in [0.15, 0.2) is 0 Å². The van der Waals surface area contributed by atoms with Crippen LogP contribution >= 0.6 is 0 Å². The standard InChI is InChI=1S/Al.BH3O3.3BO3.Gd.Yb/c;4*2-1(3)4;;/h;2-4H;;;;;/q+3;;3*-3;2*+3. The van der Waals surface area contributed by atoms with Crippen LogP contribution in [-0.2, 0) is 0 Å². The largest absolute Gasteiger partial charge is 3.00 e. The minimum absolute atomic E-state index is 0. The van der Waals surface area contributed by atoms with Crippen LogP contribution in [0.1, 0.15) is 0 Å². The van der Waals surface area contributed by atoms with Gasteiger partial charge in [-0.2, -0.15) is 0 Å². The molecular formula is H3AlB4GdO12Yb. The molecule has 0 atom stereocenters. The quantitative estimate of drug-likeness (QED) is 0.220. The molecule has 0 unspecified atom stereocenters. The molecule has 0 aliphatic rings. The second-order valence-corrected chi connectivity index (χ2v) is 1.21. The molecule has 0 spiro atoms. The maximum atomic E-state index is 8.42. The Hall–Kier alpha value is 3.16. The Morgan fingerprint density at radius 2 is 0.526 bits per heavy atom. The van der Waals surface area contributed by atoms with Gasteiger partial charge in [0.1, 0.15) is 0 Å². The van der Waals surface area contributed by atoms with Gasteiger partial charge in [-0.15, -0.1) is 0 Å². The Bertz CT molecular complexity index is 72.7. The van der Waals surface area contributed by atoms with Crippen molar-refractivity contribution in [3.63, 3.8) is 0 Å². The van der Waals surface area contributed by atoms with E-state index in [9.17, 15) is 0 Å². The molecule has 0 saturated heterocycles. The van der Waals surface area contributed by atoms with Crippen LogP contribution in [0.15, 0.2) is 0 Å². The van der Waals surface area contributed by atoms with E-state index in [0.717, 1.165) is 0 Å². The van der Waals surface area contributed by atoms with Crippen LogP contribution in [-0.4, -0.2) is 61.7 Å². The Balaban J connectivity index is -0.0000000192. The summed E-state index contributed by atoms with van der Waals surface area (Å²) < 4.78 is 0. The molecule has 0 heterocycles. The van der Waals surface area contributed by atoms with Gasteiger partial charge in [0.25, 0.3) is 0 Å². The predicted octanol–water partition coefficient (Wildman–Crippen LogP) is -14.3. The summed E-state index contributed by atoms with van der Waals surface area (Å²) in [5.74, 6) is 0. The average molecular weight is 596 g/mol. The first kappa shape index (κ1) is 43.2. The summed E-state index contributed by atoms with van der Waals surface area (Å²) in [6, 6.07) is 0. The van der Waals surface area contributed by atoms with Gasteiger partial charge in [0.05, 0.1) is 0 Å². The molecule has 0 bridgehead atoms. The first-order valence-electron chi connectivity index (χ1n) is 2.90. The molecule has 0 aromatic rings.